The van der Waals surface area contributed by atoms with Crippen molar-refractivity contribution in [2.24, 2.45) is 5.73 Å². The summed E-state index contributed by atoms with van der Waals surface area (Å²) in [6, 6.07) is 4.78. The average molecular weight is 306 g/mol. The molecular weight excluding hydrogens is 289 g/mol. The zero-order valence-corrected chi connectivity index (χ0v) is 11.9. The molecule has 1 aromatic carbocycles. The fraction of sp³-hybridized carbons (Fsp3) is 0.462. The molecule has 1 aromatic rings. The van der Waals surface area contributed by atoms with Gasteiger partial charge in [0.05, 0.1) is 14.2 Å². The van der Waals surface area contributed by atoms with Crippen LogP contribution in [0.3, 0.4) is 0 Å². The number of amides is 1. The second-order valence-corrected chi connectivity index (χ2v) is 4.56. The number of hydrogen-bond donors (Lipinski definition) is 2. The number of alkyl halides is 3. The number of nitrogens with one attached hydrogen (secondary N) is 1. The van der Waals surface area contributed by atoms with Crippen LogP contribution in [0.15, 0.2) is 18.2 Å². The summed E-state index contributed by atoms with van der Waals surface area (Å²) >= 11 is 0. The monoisotopic (exact) mass is 306 g/mol. The fourth-order valence-electron chi connectivity index (χ4n) is 1.51. The third-order valence-corrected chi connectivity index (χ3v) is 2.99. The molecule has 0 radical (unpaired) electrons. The van der Waals surface area contributed by atoms with Gasteiger partial charge in [-0.15, -0.1) is 0 Å². The maximum atomic E-state index is 12.6. The lowest BCUT2D eigenvalue weighted by molar-refractivity contribution is -0.187. The van der Waals surface area contributed by atoms with E-state index in [4.69, 9.17) is 15.2 Å². The van der Waals surface area contributed by atoms with Crippen LogP contribution in [-0.2, 0) is 11.3 Å². The van der Waals surface area contributed by atoms with Gasteiger partial charge in [0, 0.05) is 12.1 Å². The maximum Gasteiger partial charge on any atom is 0.415 e. The zero-order chi connectivity index (χ0) is 16.3. The molecule has 0 aliphatic carbocycles. The molecule has 1 amide bonds. The van der Waals surface area contributed by atoms with Crippen LogP contribution in [-0.4, -0.2) is 31.8 Å². The smallest absolute Gasteiger partial charge is 0.415 e. The molecule has 0 aliphatic rings. The normalized spacial score (nSPS) is 14.2. The molecule has 0 fully saturated rings. The molecule has 118 valence electrons. The van der Waals surface area contributed by atoms with Gasteiger partial charge in [0.2, 0.25) is 5.91 Å². The van der Waals surface area contributed by atoms with E-state index in [-0.39, 0.29) is 6.54 Å². The van der Waals surface area contributed by atoms with Gasteiger partial charge in [0.1, 0.15) is 11.5 Å². The first kappa shape index (κ1) is 17.1. The molecule has 1 unspecified atom stereocenters. The summed E-state index contributed by atoms with van der Waals surface area (Å²) in [5.74, 6) is -0.409. The second kappa shape index (κ2) is 6.21. The van der Waals surface area contributed by atoms with Crippen molar-refractivity contribution in [2.75, 3.05) is 14.2 Å². The first-order chi connectivity index (χ1) is 9.63. The molecule has 0 aromatic heterocycles. The van der Waals surface area contributed by atoms with Crippen molar-refractivity contribution in [2.45, 2.75) is 25.2 Å². The van der Waals surface area contributed by atoms with Crippen molar-refractivity contribution in [1.82, 2.24) is 5.32 Å². The number of nitrogens with two attached hydrogens (primary N) is 1. The summed E-state index contributed by atoms with van der Waals surface area (Å²) in [6.45, 7) is 0.452. The predicted octanol–water partition coefficient (Wildman–Crippen LogP) is 1.60. The highest BCUT2D eigenvalue weighted by Crippen LogP contribution is 2.28. The summed E-state index contributed by atoms with van der Waals surface area (Å²) in [7, 11) is 2.86. The van der Waals surface area contributed by atoms with Crippen molar-refractivity contribution in [3.8, 4) is 11.5 Å². The highest BCUT2D eigenvalue weighted by atomic mass is 19.4. The second-order valence-electron chi connectivity index (χ2n) is 4.56. The standard InChI is InChI=1S/C13H17F3N2O3/c1-12(17,13(14,15)16)11(19)18-7-8-6-9(20-2)4-5-10(8)21-3/h4-6H,7,17H2,1-3H3,(H,18,19). The Kier molecular flexibility index (Phi) is 5.06. The van der Waals surface area contributed by atoms with E-state index >= 15 is 0 Å². The quantitative estimate of drug-likeness (QED) is 0.866. The number of rotatable bonds is 5. The van der Waals surface area contributed by atoms with Crippen LogP contribution < -0.4 is 20.5 Å². The van der Waals surface area contributed by atoms with Crippen molar-refractivity contribution in [1.29, 1.82) is 0 Å². The van der Waals surface area contributed by atoms with E-state index in [1.807, 2.05) is 0 Å². The van der Waals surface area contributed by atoms with E-state index in [1.165, 1.54) is 14.2 Å². The largest absolute Gasteiger partial charge is 0.497 e. The molecule has 0 heterocycles. The minimum absolute atomic E-state index is 0.165. The van der Waals surface area contributed by atoms with Gasteiger partial charge < -0.3 is 20.5 Å². The molecule has 21 heavy (non-hydrogen) atoms. The minimum Gasteiger partial charge on any atom is -0.497 e. The molecule has 0 spiro atoms. The van der Waals surface area contributed by atoms with Crippen molar-refractivity contribution >= 4 is 5.91 Å². The van der Waals surface area contributed by atoms with Crippen LogP contribution >= 0.6 is 0 Å². The summed E-state index contributed by atoms with van der Waals surface area (Å²) in [5.41, 5.74) is 2.55. The zero-order valence-electron chi connectivity index (χ0n) is 11.9. The molecule has 0 saturated heterocycles. The van der Waals surface area contributed by atoms with Gasteiger partial charge in [-0.05, 0) is 25.1 Å². The lowest BCUT2D eigenvalue weighted by Gasteiger charge is -2.26. The Bertz CT molecular complexity index is 516. The average Bonchev–Trinajstić information content (AvgIpc) is 2.42. The summed E-state index contributed by atoms with van der Waals surface area (Å²) in [4.78, 5) is 11.6. The number of carbonyl (C=O) groups excluding carboxylic acids is 1. The Labute approximate surface area is 120 Å². The molecule has 8 heteroatoms. The molecule has 0 bridgehead atoms. The van der Waals surface area contributed by atoms with Gasteiger partial charge in [-0.3, -0.25) is 4.79 Å². The van der Waals surface area contributed by atoms with Gasteiger partial charge in [-0.2, -0.15) is 13.2 Å². The first-order valence-electron chi connectivity index (χ1n) is 5.98. The van der Waals surface area contributed by atoms with E-state index in [1.54, 1.807) is 18.2 Å². The van der Waals surface area contributed by atoms with Crippen LogP contribution in [0.1, 0.15) is 12.5 Å². The predicted molar refractivity (Wildman–Crippen MR) is 70.0 cm³/mol. The Balaban J connectivity index is 2.86. The van der Waals surface area contributed by atoms with E-state index in [0.29, 0.717) is 24.0 Å². The number of ether oxygens (including phenoxy) is 2. The molecular formula is C13H17F3N2O3. The van der Waals surface area contributed by atoms with Crippen LogP contribution in [0.25, 0.3) is 0 Å². The van der Waals surface area contributed by atoms with Gasteiger partial charge in [0.15, 0.2) is 5.54 Å². The van der Waals surface area contributed by atoms with Crippen LogP contribution in [0.5, 0.6) is 11.5 Å². The maximum absolute atomic E-state index is 12.6. The fourth-order valence-corrected chi connectivity index (χ4v) is 1.51. The van der Waals surface area contributed by atoms with Crippen LogP contribution in [0.2, 0.25) is 0 Å². The number of hydrogen-bond acceptors (Lipinski definition) is 4. The van der Waals surface area contributed by atoms with Gasteiger partial charge >= 0.3 is 6.18 Å². The third-order valence-electron chi connectivity index (χ3n) is 2.99. The first-order valence-corrected chi connectivity index (χ1v) is 5.98. The number of benzene rings is 1. The summed E-state index contributed by atoms with van der Waals surface area (Å²) < 4.78 is 48.0. The summed E-state index contributed by atoms with van der Waals surface area (Å²) in [5, 5.41) is 2.15. The van der Waals surface area contributed by atoms with Gasteiger partial charge in [-0.1, -0.05) is 0 Å². The van der Waals surface area contributed by atoms with E-state index < -0.39 is 17.6 Å². The van der Waals surface area contributed by atoms with Crippen molar-refractivity contribution in [3.05, 3.63) is 23.8 Å². The number of methoxy groups -OCH3 is 2. The number of halogens is 3. The molecule has 3 N–H and O–H groups in total. The van der Waals surface area contributed by atoms with Gasteiger partial charge in [0.25, 0.3) is 0 Å². The van der Waals surface area contributed by atoms with Gasteiger partial charge in [-0.25, -0.2) is 0 Å². The van der Waals surface area contributed by atoms with Crippen molar-refractivity contribution < 1.29 is 27.4 Å². The highest BCUT2D eigenvalue weighted by Gasteiger charge is 2.53. The van der Waals surface area contributed by atoms with Crippen molar-refractivity contribution in [3.63, 3.8) is 0 Å². The Morgan fingerprint density at radius 2 is 1.90 bits per heavy atom. The lowest BCUT2D eigenvalue weighted by atomic mass is 10.0. The highest BCUT2D eigenvalue weighted by molar-refractivity contribution is 5.86. The Hall–Kier alpha value is -1.96. The Morgan fingerprint density at radius 1 is 1.29 bits per heavy atom. The third kappa shape index (κ3) is 3.78. The molecule has 5 nitrogen and oxygen atoms in total. The lowest BCUT2D eigenvalue weighted by Crippen LogP contribution is -2.61. The SMILES string of the molecule is COc1ccc(OC)c(CNC(=O)C(C)(N)C(F)(F)F)c1. The number of carbonyl (C=O) groups is 1. The van der Waals surface area contributed by atoms with E-state index in [0.717, 1.165) is 0 Å². The van der Waals surface area contributed by atoms with E-state index in [9.17, 15) is 18.0 Å². The van der Waals surface area contributed by atoms with Crippen LogP contribution in [0.4, 0.5) is 13.2 Å². The summed E-state index contributed by atoms with van der Waals surface area (Å²) in [6.07, 6.45) is -4.84. The molecule has 1 atom stereocenters. The topological polar surface area (TPSA) is 73.6 Å². The minimum atomic E-state index is -4.84. The van der Waals surface area contributed by atoms with E-state index in [2.05, 4.69) is 5.32 Å². The molecule has 0 saturated carbocycles. The molecule has 0 aliphatic heterocycles. The van der Waals surface area contributed by atoms with Crippen LogP contribution in [0, 0.1) is 0 Å². The Morgan fingerprint density at radius 3 is 2.38 bits per heavy atom. The molecule has 1 rings (SSSR count).